The molecular formula is C23H38IN5O. The Hall–Kier alpha value is -1.35. The second-order valence-electron chi connectivity index (χ2n) is 8.08. The topological polar surface area (TPSA) is 74.3 Å². The van der Waals surface area contributed by atoms with Gasteiger partial charge in [-0.2, -0.15) is 0 Å². The number of aromatic amines is 1. The summed E-state index contributed by atoms with van der Waals surface area (Å²) in [6, 6.07) is 8.19. The summed E-state index contributed by atoms with van der Waals surface area (Å²) in [5, 5.41) is 6.89. The van der Waals surface area contributed by atoms with Crippen LogP contribution in [0.3, 0.4) is 0 Å². The predicted molar refractivity (Wildman–Crippen MR) is 136 cm³/mol. The van der Waals surface area contributed by atoms with E-state index in [2.05, 4.69) is 40.5 Å². The van der Waals surface area contributed by atoms with Gasteiger partial charge in [0.1, 0.15) is 5.82 Å². The molecule has 2 aromatic rings. The van der Waals surface area contributed by atoms with Crippen LogP contribution in [0.4, 0.5) is 0 Å². The molecule has 0 amide bonds. The smallest absolute Gasteiger partial charge is 0.191 e. The van der Waals surface area contributed by atoms with E-state index >= 15 is 0 Å². The molecule has 1 aromatic carbocycles. The second-order valence-corrected chi connectivity index (χ2v) is 8.08. The standard InChI is InChI=1S/C23H37N5O.HI/c1-3-24-22(26-18-23(13-7-8-14-23)15-17-29-4-2)25-16-9-12-21-27-19-10-5-6-11-20(19)28-21;/h5-6,10-11H,3-4,7-9,12-18H2,1-2H3,(H,27,28)(H2,24,25,26);1H. The number of guanidine groups is 1. The van der Waals surface area contributed by atoms with Crippen molar-refractivity contribution >= 4 is 41.0 Å². The third-order valence-electron chi connectivity index (χ3n) is 5.88. The van der Waals surface area contributed by atoms with Gasteiger partial charge >= 0.3 is 0 Å². The molecule has 6 nitrogen and oxygen atoms in total. The number of benzene rings is 1. The monoisotopic (exact) mass is 527 g/mol. The van der Waals surface area contributed by atoms with Gasteiger partial charge in [0.25, 0.3) is 0 Å². The van der Waals surface area contributed by atoms with Crippen LogP contribution in [0, 0.1) is 5.41 Å². The lowest BCUT2D eigenvalue weighted by atomic mass is 9.83. The number of imidazole rings is 1. The first-order valence-corrected chi connectivity index (χ1v) is 11.3. The summed E-state index contributed by atoms with van der Waals surface area (Å²) in [4.78, 5) is 13.0. The van der Waals surface area contributed by atoms with Gasteiger partial charge in [0.15, 0.2) is 5.96 Å². The van der Waals surface area contributed by atoms with E-state index in [1.807, 2.05) is 18.2 Å². The highest BCUT2D eigenvalue weighted by Crippen LogP contribution is 2.41. The Morgan fingerprint density at radius 1 is 1.20 bits per heavy atom. The molecule has 1 aliphatic carbocycles. The van der Waals surface area contributed by atoms with Crippen molar-refractivity contribution in [2.24, 2.45) is 10.4 Å². The quantitative estimate of drug-likeness (QED) is 0.172. The number of nitrogens with zero attached hydrogens (tertiary/aromatic N) is 2. The first-order valence-electron chi connectivity index (χ1n) is 11.3. The fourth-order valence-corrected chi connectivity index (χ4v) is 4.22. The summed E-state index contributed by atoms with van der Waals surface area (Å²) in [5.41, 5.74) is 2.48. The molecule has 1 saturated carbocycles. The Balaban J connectivity index is 0.00000320. The first kappa shape index (κ1) is 24.9. The third kappa shape index (κ3) is 7.41. The van der Waals surface area contributed by atoms with Crippen LogP contribution in [-0.4, -0.2) is 48.8 Å². The molecule has 168 valence electrons. The van der Waals surface area contributed by atoms with E-state index in [4.69, 9.17) is 9.73 Å². The number of aromatic nitrogens is 2. The second kappa shape index (κ2) is 13.1. The molecule has 3 rings (SSSR count). The van der Waals surface area contributed by atoms with Crippen LogP contribution in [0.1, 0.15) is 58.2 Å². The highest BCUT2D eigenvalue weighted by atomic mass is 127. The number of hydrogen-bond donors (Lipinski definition) is 3. The Labute approximate surface area is 198 Å². The number of aryl methyl sites for hydroxylation is 1. The highest BCUT2D eigenvalue weighted by molar-refractivity contribution is 14.0. The van der Waals surface area contributed by atoms with Crippen molar-refractivity contribution < 1.29 is 4.74 Å². The minimum absolute atomic E-state index is 0. The van der Waals surface area contributed by atoms with Gasteiger partial charge in [0, 0.05) is 39.3 Å². The van der Waals surface area contributed by atoms with Crippen LogP contribution in [0.5, 0.6) is 0 Å². The summed E-state index contributed by atoms with van der Waals surface area (Å²) in [6.45, 7) is 8.49. The van der Waals surface area contributed by atoms with Crippen molar-refractivity contribution in [3.8, 4) is 0 Å². The fourth-order valence-electron chi connectivity index (χ4n) is 4.22. The van der Waals surface area contributed by atoms with Gasteiger partial charge in [0.05, 0.1) is 11.0 Å². The lowest BCUT2D eigenvalue weighted by molar-refractivity contribution is 0.107. The molecule has 0 bridgehead atoms. The number of halogens is 1. The van der Waals surface area contributed by atoms with Gasteiger partial charge in [-0.25, -0.2) is 4.98 Å². The first-order chi connectivity index (χ1) is 14.2. The molecular weight excluding hydrogens is 489 g/mol. The van der Waals surface area contributed by atoms with Crippen LogP contribution >= 0.6 is 24.0 Å². The van der Waals surface area contributed by atoms with Gasteiger partial charge in [0.2, 0.25) is 0 Å². The van der Waals surface area contributed by atoms with Crippen molar-refractivity contribution in [2.45, 2.75) is 58.8 Å². The maximum absolute atomic E-state index is 5.63. The summed E-state index contributed by atoms with van der Waals surface area (Å²) in [6.07, 6.45) is 8.26. The van der Waals surface area contributed by atoms with Crippen LogP contribution in [0.2, 0.25) is 0 Å². The lowest BCUT2D eigenvalue weighted by Gasteiger charge is -2.27. The van der Waals surface area contributed by atoms with E-state index < -0.39 is 0 Å². The number of nitrogens with one attached hydrogen (secondary N) is 3. The molecule has 1 aliphatic rings. The number of hydrogen-bond acceptors (Lipinski definition) is 3. The van der Waals surface area contributed by atoms with Crippen LogP contribution in [-0.2, 0) is 11.2 Å². The zero-order valence-electron chi connectivity index (χ0n) is 18.5. The van der Waals surface area contributed by atoms with Gasteiger partial charge in [-0.05, 0) is 57.1 Å². The molecule has 0 aliphatic heterocycles. The predicted octanol–water partition coefficient (Wildman–Crippen LogP) is 4.66. The number of H-pyrrole nitrogens is 1. The maximum atomic E-state index is 5.63. The Bertz CT molecular complexity index is 737. The lowest BCUT2D eigenvalue weighted by Crippen LogP contribution is -2.39. The van der Waals surface area contributed by atoms with Gasteiger partial charge in [-0.1, -0.05) is 25.0 Å². The summed E-state index contributed by atoms with van der Waals surface area (Å²) >= 11 is 0. The number of para-hydroxylation sites is 2. The minimum Gasteiger partial charge on any atom is -0.382 e. The molecule has 0 unspecified atom stereocenters. The molecule has 1 fully saturated rings. The van der Waals surface area contributed by atoms with E-state index in [-0.39, 0.29) is 24.0 Å². The average molecular weight is 527 g/mol. The minimum atomic E-state index is 0. The molecule has 1 heterocycles. The third-order valence-corrected chi connectivity index (χ3v) is 5.88. The number of rotatable bonds is 11. The largest absolute Gasteiger partial charge is 0.382 e. The summed E-state index contributed by atoms with van der Waals surface area (Å²) < 4.78 is 5.63. The van der Waals surface area contributed by atoms with Gasteiger partial charge < -0.3 is 20.4 Å². The Morgan fingerprint density at radius 3 is 2.73 bits per heavy atom. The Morgan fingerprint density at radius 2 is 2.00 bits per heavy atom. The van der Waals surface area contributed by atoms with Crippen molar-refractivity contribution in [2.75, 3.05) is 32.8 Å². The van der Waals surface area contributed by atoms with E-state index in [9.17, 15) is 0 Å². The molecule has 7 heteroatoms. The van der Waals surface area contributed by atoms with E-state index in [0.717, 1.165) is 74.9 Å². The summed E-state index contributed by atoms with van der Waals surface area (Å²) in [5.74, 6) is 1.98. The summed E-state index contributed by atoms with van der Waals surface area (Å²) in [7, 11) is 0. The molecule has 0 saturated heterocycles. The maximum Gasteiger partial charge on any atom is 0.191 e. The van der Waals surface area contributed by atoms with E-state index in [1.54, 1.807) is 0 Å². The van der Waals surface area contributed by atoms with E-state index in [1.165, 1.54) is 25.7 Å². The zero-order chi connectivity index (χ0) is 20.4. The number of fused-ring (bicyclic) bond motifs is 1. The number of ether oxygens (including phenoxy) is 1. The fraction of sp³-hybridized carbons (Fsp3) is 0.652. The van der Waals surface area contributed by atoms with Crippen LogP contribution in [0.15, 0.2) is 29.3 Å². The molecule has 0 spiro atoms. The van der Waals surface area contributed by atoms with Gasteiger partial charge in [-0.3, -0.25) is 4.99 Å². The molecule has 0 atom stereocenters. The van der Waals surface area contributed by atoms with Crippen molar-refractivity contribution in [3.63, 3.8) is 0 Å². The van der Waals surface area contributed by atoms with Crippen molar-refractivity contribution in [1.82, 2.24) is 20.6 Å². The zero-order valence-corrected chi connectivity index (χ0v) is 20.8. The van der Waals surface area contributed by atoms with Crippen molar-refractivity contribution in [1.29, 1.82) is 0 Å². The average Bonchev–Trinajstić information content (AvgIpc) is 3.36. The number of aliphatic imine (C=N–C) groups is 1. The molecule has 1 aromatic heterocycles. The van der Waals surface area contributed by atoms with Gasteiger partial charge in [-0.15, -0.1) is 24.0 Å². The van der Waals surface area contributed by atoms with Crippen LogP contribution < -0.4 is 10.6 Å². The SMILES string of the molecule is CCNC(=NCC1(CCOCC)CCCC1)NCCCc1nc2ccccc2[nH]1.I. The highest BCUT2D eigenvalue weighted by Gasteiger charge is 2.33. The van der Waals surface area contributed by atoms with Crippen LogP contribution in [0.25, 0.3) is 11.0 Å². The Kier molecular flexibility index (Phi) is 10.9. The molecule has 3 N–H and O–H groups in total. The molecule has 0 radical (unpaired) electrons. The van der Waals surface area contributed by atoms with E-state index in [0.29, 0.717) is 5.41 Å². The molecule has 30 heavy (non-hydrogen) atoms. The normalized spacial score (nSPS) is 15.9. The van der Waals surface area contributed by atoms with Crippen molar-refractivity contribution in [3.05, 3.63) is 30.1 Å².